The van der Waals surface area contributed by atoms with Crippen molar-refractivity contribution < 1.29 is 28.6 Å². The third-order valence-electron chi connectivity index (χ3n) is 9.90. The first kappa shape index (κ1) is 57.1. The Morgan fingerprint density at radius 3 is 1.23 bits per heavy atom. The fourth-order valence-corrected chi connectivity index (χ4v) is 6.29. The largest absolute Gasteiger partial charge is 0.462 e. The van der Waals surface area contributed by atoms with Gasteiger partial charge in [0.15, 0.2) is 6.10 Å². The average molecular weight is 845 g/mol. The average Bonchev–Trinajstić information content (AvgIpc) is 3.26. The van der Waals surface area contributed by atoms with E-state index in [4.69, 9.17) is 14.2 Å². The summed E-state index contributed by atoms with van der Waals surface area (Å²) in [4.78, 5) is 37.8. The van der Waals surface area contributed by atoms with Crippen LogP contribution < -0.4 is 0 Å². The minimum absolute atomic E-state index is 0.112. The SMILES string of the molecule is CC\C=C/C=C\C=C/C=C\C=C/CCCC(=O)OC(COC(=O)CCCCCCCC/C=C\C/C=C\C/C=C\C/C=C\CC)COC(=O)CCCCCCCCCCCCC. The summed E-state index contributed by atoms with van der Waals surface area (Å²) in [6.45, 7) is 6.28. The highest BCUT2D eigenvalue weighted by molar-refractivity contribution is 5.71. The van der Waals surface area contributed by atoms with Crippen molar-refractivity contribution in [1.29, 1.82) is 0 Å². The highest BCUT2D eigenvalue weighted by atomic mass is 16.6. The van der Waals surface area contributed by atoms with Crippen LogP contribution in [-0.4, -0.2) is 37.2 Å². The van der Waals surface area contributed by atoms with Gasteiger partial charge in [-0.3, -0.25) is 14.4 Å². The Bertz CT molecular complexity index is 1290. The molecule has 0 spiro atoms. The van der Waals surface area contributed by atoms with Gasteiger partial charge in [-0.2, -0.15) is 0 Å². The van der Waals surface area contributed by atoms with Crippen LogP contribution in [-0.2, 0) is 28.6 Å². The second-order valence-corrected chi connectivity index (χ2v) is 15.7. The predicted molar refractivity (Wildman–Crippen MR) is 260 cm³/mol. The molecule has 0 aliphatic rings. The highest BCUT2D eigenvalue weighted by Gasteiger charge is 2.19. The quantitative estimate of drug-likeness (QED) is 0.0200. The monoisotopic (exact) mass is 845 g/mol. The van der Waals surface area contributed by atoms with Crippen molar-refractivity contribution in [2.75, 3.05) is 13.2 Å². The van der Waals surface area contributed by atoms with Crippen molar-refractivity contribution in [1.82, 2.24) is 0 Å². The van der Waals surface area contributed by atoms with Gasteiger partial charge in [-0.15, -0.1) is 0 Å². The van der Waals surface area contributed by atoms with Crippen molar-refractivity contribution in [3.05, 3.63) is 109 Å². The first-order valence-corrected chi connectivity index (χ1v) is 24.5. The van der Waals surface area contributed by atoms with E-state index in [-0.39, 0.29) is 37.5 Å². The summed E-state index contributed by atoms with van der Waals surface area (Å²) in [6, 6.07) is 0. The lowest BCUT2D eigenvalue weighted by atomic mass is 10.1. The highest BCUT2D eigenvalue weighted by Crippen LogP contribution is 2.14. The molecule has 0 rings (SSSR count). The number of rotatable bonds is 42. The molecule has 0 aromatic heterocycles. The fraction of sp³-hybridized carbons (Fsp3) is 0.618. The van der Waals surface area contributed by atoms with Crippen molar-refractivity contribution in [3.8, 4) is 0 Å². The van der Waals surface area contributed by atoms with Crippen LogP contribution in [0.25, 0.3) is 0 Å². The van der Waals surface area contributed by atoms with E-state index in [0.717, 1.165) is 89.9 Å². The lowest BCUT2D eigenvalue weighted by Crippen LogP contribution is -2.30. The maximum Gasteiger partial charge on any atom is 0.306 e. The molecule has 0 saturated carbocycles. The maximum absolute atomic E-state index is 12.7. The van der Waals surface area contributed by atoms with E-state index in [1.54, 1.807) is 0 Å². The van der Waals surface area contributed by atoms with Gasteiger partial charge in [0.05, 0.1) is 0 Å². The number of esters is 3. The number of carbonyl (C=O) groups is 3. The van der Waals surface area contributed by atoms with Crippen LogP contribution in [0.3, 0.4) is 0 Å². The third-order valence-corrected chi connectivity index (χ3v) is 9.90. The smallest absolute Gasteiger partial charge is 0.306 e. The Balaban J connectivity index is 4.48. The van der Waals surface area contributed by atoms with Crippen LogP contribution in [0.15, 0.2) is 109 Å². The molecule has 0 heterocycles. The van der Waals surface area contributed by atoms with Crippen LogP contribution in [0, 0.1) is 0 Å². The van der Waals surface area contributed by atoms with Gasteiger partial charge in [0.25, 0.3) is 0 Å². The molecule has 6 nitrogen and oxygen atoms in total. The minimum atomic E-state index is -0.820. The van der Waals surface area contributed by atoms with E-state index in [1.165, 1.54) is 64.2 Å². The summed E-state index contributed by atoms with van der Waals surface area (Å²) in [5, 5.41) is 0. The Labute approximate surface area is 374 Å². The zero-order chi connectivity index (χ0) is 44.4. The number of carbonyl (C=O) groups excluding carboxylic acids is 3. The Kier molecular flexibility index (Phi) is 45.6. The molecule has 1 unspecified atom stereocenters. The van der Waals surface area contributed by atoms with Gasteiger partial charge in [-0.05, 0) is 70.6 Å². The molecular weight excluding hydrogens is 757 g/mol. The Hall–Kier alpha value is -3.93. The summed E-state index contributed by atoms with van der Waals surface area (Å²) in [5.74, 6) is -1.01. The summed E-state index contributed by atoms with van der Waals surface area (Å²) >= 11 is 0. The molecule has 0 radical (unpaired) electrons. The van der Waals surface area contributed by atoms with E-state index in [1.807, 2.05) is 54.7 Å². The molecule has 0 aromatic rings. The Morgan fingerprint density at radius 1 is 0.361 bits per heavy atom. The molecule has 0 aliphatic heterocycles. The number of hydrogen-bond acceptors (Lipinski definition) is 6. The first-order chi connectivity index (χ1) is 30.0. The lowest BCUT2D eigenvalue weighted by Gasteiger charge is -2.18. The van der Waals surface area contributed by atoms with E-state index in [2.05, 4.69) is 75.5 Å². The molecule has 6 heteroatoms. The summed E-state index contributed by atoms with van der Waals surface area (Å²) in [5.41, 5.74) is 0. The summed E-state index contributed by atoms with van der Waals surface area (Å²) in [6.07, 6.45) is 65.1. The molecule has 344 valence electrons. The normalized spacial score (nSPS) is 13.0. The molecule has 1 atom stereocenters. The maximum atomic E-state index is 12.7. The van der Waals surface area contributed by atoms with Crippen molar-refractivity contribution in [3.63, 3.8) is 0 Å². The number of allylic oxidation sites excluding steroid dienone is 18. The van der Waals surface area contributed by atoms with Gasteiger partial charge in [-0.1, -0.05) is 220 Å². The van der Waals surface area contributed by atoms with E-state index in [9.17, 15) is 14.4 Å². The molecule has 0 N–H and O–H groups in total. The molecule has 0 aromatic carbocycles. The van der Waals surface area contributed by atoms with Crippen LogP contribution in [0.4, 0.5) is 0 Å². The first-order valence-electron chi connectivity index (χ1n) is 24.5. The minimum Gasteiger partial charge on any atom is -0.462 e. The summed E-state index contributed by atoms with van der Waals surface area (Å²) < 4.78 is 16.7. The summed E-state index contributed by atoms with van der Waals surface area (Å²) in [7, 11) is 0. The third kappa shape index (κ3) is 47.0. The van der Waals surface area contributed by atoms with E-state index >= 15 is 0 Å². The standard InChI is InChI=1S/C55H88O6/c1-4-7-10-13-16-19-22-24-25-26-27-28-29-31-33-36-39-42-45-48-54(57)60-51-52(50-59-53(56)47-44-41-38-35-32-21-18-15-12-9-6-3)61-55(58)49-46-43-40-37-34-30-23-20-17-14-11-8-5-2/h7-8,10-11,14,16-17,19-20,23-25,27-28,30,34,37,40,52H,4-6,9,12-13,15,18,21-22,26,29,31-33,35-36,38-39,41-51H2,1-3H3/b10-7-,11-8-,17-14-,19-16-,23-20-,25-24-,28-27-,34-30-,40-37-. The van der Waals surface area contributed by atoms with Crippen LogP contribution in [0.5, 0.6) is 0 Å². The second-order valence-electron chi connectivity index (χ2n) is 15.7. The van der Waals surface area contributed by atoms with Crippen LogP contribution in [0.1, 0.15) is 201 Å². The number of ether oxygens (including phenoxy) is 3. The van der Waals surface area contributed by atoms with Crippen molar-refractivity contribution >= 4 is 17.9 Å². The van der Waals surface area contributed by atoms with Gasteiger partial charge in [0.1, 0.15) is 13.2 Å². The van der Waals surface area contributed by atoms with Crippen LogP contribution in [0.2, 0.25) is 0 Å². The van der Waals surface area contributed by atoms with Crippen molar-refractivity contribution in [2.45, 2.75) is 207 Å². The lowest BCUT2D eigenvalue weighted by molar-refractivity contribution is -0.167. The zero-order valence-corrected chi connectivity index (χ0v) is 39.1. The van der Waals surface area contributed by atoms with E-state index < -0.39 is 6.10 Å². The number of unbranched alkanes of at least 4 members (excludes halogenated alkanes) is 17. The molecule has 0 aliphatic carbocycles. The molecule has 0 saturated heterocycles. The van der Waals surface area contributed by atoms with Gasteiger partial charge in [-0.25, -0.2) is 0 Å². The van der Waals surface area contributed by atoms with Crippen LogP contribution >= 0.6 is 0 Å². The van der Waals surface area contributed by atoms with Gasteiger partial charge in [0, 0.05) is 19.3 Å². The predicted octanol–water partition coefficient (Wildman–Crippen LogP) is 16.0. The molecule has 0 bridgehead atoms. The van der Waals surface area contributed by atoms with Gasteiger partial charge in [0.2, 0.25) is 0 Å². The van der Waals surface area contributed by atoms with E-state index in [0.29, 0.717) is 19.3 Å². The number of hydrogen-bond donors (Lipinski definition) is 0. The van der Waals surface area contributed by atoms with Gasteiger partial charge < -0.3 is 14.2 Å². The Morgan fingerprint density at radius 2 is 0.738 bits per heavy atom. The molecule has 61 heavy (non-hydrogen) atoms. The zero-order valence-electron chi connectivity index (χ0n) is 39.1. The molecular formula is C55H88O6. The molecule has 0 amide bonds. The molecule has 0 fully saturated rings. The fourth-order valence-electron chi connectivity index (χ4n) is 6.29. The second kappa shape index (κ2) is 48.7. The van der Waals surface area contributed by atoms with Crippen molar-refractivity contribution in [2.24, 2.45) is 0 Å². The topological polar surface area (TPSA) is 78.9 Å². The van der Waals surface area contributed by atoms with Gasteiger partial charge >= 0.3 is 17.9 Å².